The molecule has 0 unspecified atom stereocenters. The molecule has 3 nitrogen and oxygen atoms in total. The van der Waals surface area contributed by atoms with Crippen molar-refractivity contribution >= 4 is 6.08 Å². The van der Waals surface area contributed by atoms with Gasteiger partial charge in [-0.3, -0.25) is 4.90 Å². The fourth-order valence-electron chi connectivity index (χ4n) is 5.00. The molecule has 1 aliphatic carbocycles. The van der Waals surface area contributed by atoms with E-state index in [0.29, 0.717) is 6.04 Å². The highest BCUT2D eigenvalue weighted by Gasteiger charge is 2.28. The van der Waals surface area contributed by atoms with Crippen molar-refractivity contribution in [2.45, 2.75) is 77.4 Å². The molecule has 0 aromatic heterocycles. The third kappa shape index (κ3) is 7.02. The van der Waals surface area contributed by atoms with Gasteiger partial charge in [0.25, 0.3) is 0 Å². The van der Waals surface area contributed by atoms with E-state index in [0.717, 1.165) is 31.1 Å². The van der Waals surface area contributed by atoms with E-state index in [1.54, 1.807) is 0 Å². The van der Waals surface area contributed by atoms with Crippen LogP contribution in [-0.2, 0) is 0 Å². The van der Waals surface area contributed by atoms with Crippen molar-refractivity contribution in [1.29, 1.82) is 0 Å². The van der Waals surface area contributed by atoms with Crippen molar-refractivity contribution in [3.63, 3.8) is 0 Å². The summed E-state index contributed by atoms with van der Waals surface area (Å²) in [6.45, 7) is 11.5. The molecule has 3 rings (SSSR count). The Morgan fingerprint density at radius 2 is 1.86 bits per heavy atom. The molecule has 1 saturated heterocycles. The number of rotatable bonds is 9. The van der Waals surface area contributed by atoms with Crippen LogP contribution in [-0.4, -0.2) is 49.2 Å². The van der Waals surface area contributed by atoms with Gasteiger partial charge in [-0.05, 0) is 63.5 Å². The predicted octanol–water partition coefficient (Wildman–Crippen LogP) is 4.70. The second-order valence-electron chi connectivity index (χ2n) is 9.36. The van der Waals surface area contributed by atoms with Gasteiger partial charge in [0.05, 0.1) is 0 Å². The standard InChI is InChI=1S/C25H41N3/c1-20(2)27-24-13-11-23(12-14-24)19-28-15-7-10-25(28)18-26-17-21(3)16-22-8-5-4-6-9-22/h4-6,8-9,16,20,23-27H,7,10-15,17-19H2,1-3H3/t23?,24?,25-/m0/s1. The van der Waals surface area contributed by atoms with E-state index in [9.17, 15) is 0 Å². The molecular weight excluding hydrogens is 342 g/mol. The van der Waals surface area contributed by atoms with Crippen LogP contribution in [0.25, 0.3) is 6.08 Å². The summed E-state index contributed by atoms with van der Waals surface area (Å²) in [5, 5.41) is 7.45. The summed E-state index contributed by atoms with van der Waals surface area (Å²) in [6.07, 6.45) is 10.6. The SMILES string of the molecule is CC(=Cc1ccccc1)CNC[C@@H]1CCCN1CC1CCC(NC(C)C)CC1. The first-order valence-corrected chi connectivity index (χ1v) is 11.5. The topological polar surface area (TPSA) is 27.3 Å². The Hall–Kier alpha value is -1.16. The number of nitrogens with zero attached hydrogens (tertiary/aromatic N) is 1. The normalized spacial score (nSPS) is 26.9. The molecule has 3 heteroatoms. The van der Waals surface area contributed by atoms with Gasteiger partial charge in [0.2, 0.25) is 0 Å². The largest absolute Gasteiger partial charge is 0.312 e. The minimum Gasteiger partial charge on any atom is -0.312 e. The summed E-state index contributed by atoms with van der Waals surface area (Å²) in [6, 6.07) is 12.7. The fourth-order valence-corrected chi connectivity index (χ4v) is 5.00. The molecule has 1 aromatic rings. The zero-order chi connectivity index (χ0) is 19.8. The fraction of sp³-hybridized carbons (Fsp3) is 0.680. The lowest BCUT2D eigenvalue weighted by Crippen LogP contribution is -2.43. The Kier molecular flexibility index (Phi) is 8.57. The number of nitrogens with one attached hydrogen (secondary N) is 2. The van der Waals surface area contributed by atoms with Crippen molar-refractivity contribution in [2.24, 2.45) is 5.92 Å². The van der Waals surface area contributed by atoms with Crippen LogP contribution < -0.4 is 10.6 Å². The second-order valence-corrected chi connectivity index (χ2v) is 9.36. The molecule has 0 spiro atoms. The molecule has 1 atom stereocenters. The van der Waals surface area contributed by atoms with Gasteiger partial charge in [-0.1, -0.05) is 55.8 Å². The summed E-state index contributed by atoms with van der Waals surface area (Å²) in [4.78, 5) is 2.78. The zero-order valence-electron chi connectivity index (χ0n) is 18.3. The van der Waals surface area contributed by atoms with E-state index in [1.807, 2.05) is 0 Å². The van der Waals surface area contributed by atoms with Crippen molar-refractivity contribution in [3.8, 4) is 0 Å². The third-order valence-electron chi connectivity index (χ3n) is 6.40. The number of hydrogen-bond acceptors (Lipinski definition) is 3. The summed E-state index contributed by atoms with van der Waals surface area (Å²) >= 11 is 0. The maximum absolute atomic E-state index is 3.73. The lowest BCUT2D eigenvalue weighted by Gasteiger charge is -2.34. The molecule has 2 aliphatic rings. The summed E-state index contributed by atoms with van der Waals surface area (Å²) in [7, 11) is 0. The van der Waals surface area contributed by atoms with Crippen LogP contribution in [0.1, 0.15) is 64.9 Å². The molecule has 28 heavy (non-hydrogen) atoms. The van der Waals surface area contributed by atoms with Gasteiger partial charge in [0.1, 0.15) is 0 Å². The van der Waals surface area contributed by atoms with E-state index in [-0.39, 0.29) is 0 Å². The Morgan fingerprint density at radius 3 is 2.57 bits per heavy atom. The smallest absolute Gasteiger partial charge is 0.0221 e. The molecule has 1 aliphatic heterocycles. The lowest BCUT2D eigenvalue weighted by atomic mass is 9.85. The molecule has 1 aromatic carbocycles. The van der Waals surface area contributed by atoms with Gasteiger partial charge in [0.15, 0.2) is 0 Å². The highest BCUT2D eigenvalue weighted by Crippen LogP contribution is 2.28. The maximum atomic E-state index is 3.73. The van der Waals surface area contributed by atoms with Crippen LogP contribution in [0.2, 0.25) is 0 Å². The van der Waals surface area contributed by atoms with Crippen molar-refractivity contribution < 1.29 is 0 Å². The Balaban J connectivity index is 1.37. The Labute approximate surface area is 173 Å². The highest BCUT2D eigenvalue weighted by atomic mass is 15.2. The molecule has 0 radical (unpaired) electrons. The van der Waals surface area contributed by atoms with Crippen LogP contribution in [0.15, 0.2) is 35.9 Å². The summed E-state index contributed by atoms with van der Waals surface area (Å²) in [5.74, 6) is 0.908. The van der Waals surface area contributed by atoms with Crippen LogP contribution in [0.5, 0.6) is 0 Å². The first-order chi connectivity index (χ1) is 13.6. The molecule has 1 saturated carbocycles. The maximum Gasteiger partial charge on any atom is 0.0221 e. The lowest BCUT2D eigenvalue weighted by molar-refractivity contribution is 0.172. The molecule has 1 heterocycles. The Morgan fingerprint density at radius 1 is 1.11 bits per heavy atom. The van der Waals surface area contributed by atoms with E-state index >= 15 is 0 Å². The zero-order valence-corrected chi connectivity index (χ0v) is 18.3. The van der Waals surface area contributed by atoms with Crippen LogP contribution in [0.4, 0.5) is 0 Å². The van der Waals surface area contributed by atoms with Crippen LogP contribution >= 0.6 is 0 Å². The Bertz CT molecular complexity index is 587. The monoisotopic (exact) mass is 383 g/mol. The van der Waals surface area contributed by atoms with Crippen molar-refractivity contribution in [2.75, 3.05) is 26.2 Å². The third-order valence-corrected chi connectivity index (χ3v) is 6.40. The van der Waals surface area contributed by atoms with Crippen molar-refractivity contribution in [1.82, 2.24) is 15.5 Å². The van der Waals surface area contributed by atoms with Gasteiger partial charge in [0, 0.05) is 37.8 Å². The molecule has 0 bridgehead atoms. The first-order valence-electron chi connectivity index (χ1n) is 11.5. The number of hydrogen-bond donors (Lipinski definition) is 2. The van der Waals surface area contributed by atoms with Crippen LogP contribution in [0.3, 0.4) is 0 Å². The molecule has 2 fully saturated rings. The average Bonchev–Trinajstić information content (AvgIpc) is 3.11. The predicted molar refractivity (Wildman–Crippen MR) is 122 cm³/mol. The van der Waals surface area contributed by atoms with E-state index in [2.05, 4.69) is 72.7 Å². The summed E-state index contributed by atoms with van der Waals surface area (Å²) in [5.41, 5.74) is 2.71. The van der Waals surface area contributed by atoms with Gasteiger partial charge < -0.3 is 10.6 Å². The number of likely N-dealkylation sites (tertiary alicyclic amines) is 1. The first kappa shape index (κ1) is 21.5. The molecular formula is C25H41N3. The van der Waals surface area contributed by atoms with Gasteiger partial charge >= 0.3 is 0 Å². The van der Waals surface area contributed by atoms with E-state index in [4.69, 9.17) is 0 Å². The number of benzene rings is 1. The molecule has 156 valence electrons. The van der Waals surface area contributed by atoms with Gasteiger partial charge in [-0.15, -0.1) is 0 Å². The highest BCUT2D eigenvalue weighted by molar-refractivity contribution is 5.52. The van der Waals surface area contributed by atoms with Gasteiger partial charge in [-0.25, -0.2) is 0 Å². The average molecular weight is 384 g/mol. The summed E-state index contributed by atoms with van der Waals surface area (Å²) < 4.78 is 0. The van der Waals surface area contributed by atoms with E-state index in [1.165, 1.54) is 62.8 Å². The second kappa shape index (κ2) is 11.1. The molecule has 2 N–H and O–H groups in total. The molecule has 0 amide bonds. The minimum absolute atomic E-state index is 0.620. The van der Waals surface area contributed by atoms with Crippen molar-refractivity contribution in [3.05, 3.63) is 41.5 Å². The van der Waals surface area contributed by atoms with Gasteiger partial charge in [-0.2, -0.15) is 0 Å². The minimum atomic E-state index is 0.620. The quantitative estimate of drug-likeness (QED) is 0.647. The van der Waals surface area contributed by atoms with Crippen LogP contribution in [0, 0.1) is 5.92 Å². The van der Waals surface area contributed by atoms with E-state index < -0.39 is 0 Å².